The lowest BCUT2D eigenvalue weighted by Gasteiger charge is -2.14. The molecule has 1 atom stereocenters. The van der Waals surface area contributed by atoms with Crippen LogP contribution < -0.4 is 11.1 Å². The molecule has 1 aromatic heterocycles. The fourth-order valence-electron chi connectivity index (χ4n) is 2.56. The zero-order chi connectivity index (χ0) is 18.2. The van der Waals surface area contributed by atoms with Crippen molar-refractivity contribution in [2.45, 2.75) is 25.1 Å². The molecule has 1 aliphatic carbocycles. The summed E-state index contributed by atoms with van der Waals surface area (Å²) in [4.78, 5) is 12.2. The van der Waals surface area contributed by atoms with Crippen LogP contribution in [0.2, 0.25) is 0 Å². The maximum atomic E-state index is 13.5. The molecule has 10 heteroatoms. The molecule has 3 rings (SSSR count). The standard InChI is InChI=1S/C16H16F4N4O.ClH/c17-10-3-5-11(6-4-10)24-14(16(18,19)20)12(7-23-24)15(25)22-8-13(21)9-1-2-9;/h3-7,9,13H,1-2,8,21H2,(H,22,25);1H. The average molecular weight is 393 g/mol. The van der Waals surface area contributed by atoms with Gasteiger partial charge < -0.3 is 11.1 Å². The van der Waals surface area contributed by atoms with Crippen molar-refractivity contribution in [3.8, 4) is 5.69 Å². The van der Waals surface area contributed by atoms with Gasteiger partial charge in [0.1, 0.15) is 5.82 Å². The van der Waals surface area contributed by atoms with Gasteiger partial charge in [-0.2, -0.15) is 18.3 Å². The van der Waals surface area contributed by atoms with Crippen molar-refractivity contribution in [2.75, 3.05) is 6.54 Å². The highest BCUT2D eigenvalue weighted by molar-refractivity contribution is 5.95. The Morgan fingerprint density at radius 2 is 1.92 bits per heavy atom. The number of amides is 1. The number of hydrogen-bond acceptors (Lipinski definition) is 3. The quantitative estimate of drug-likeness (QED) is 0.768. The van der Waals surface area contributed by atoms with Crippen LogP contribution in [0.4, 0.5) is 17.6 Å². The summed E-state index contributed by atoms with van der Waals surface area (Å²) in [6.45, 7) is 0.0997. The second-order valence-electron chi connectivity index (χ2n) is 6.00. The van der Waals surface area contributed by atoms with Gasteiger partial charge in [0.25, 0.3) is 5.91 Å². The van der Waals surface area contributed by atoms with Crippen LogP contribution in [-0.2, 0) is 6.18 Å². The SMILES string of the molecule is Cl.NC(CNC(=O)c1cnn(-c2ccc(F)cc2)c1C(F)(F)F)C1CC1. The maximum absolute atomic E-state index is 13.5. The summed E-state index contributed by atoms with van der Waals surface area (Å²) in [6.07, 6.45) is -2.03. The van der Waals surface area contributed by atoms with E-state index in [0.717, 1.165) is 43.3 Å². The molecule has 3 N–H and O–H groups in total. The van der Waals surface area contributed by atoms with Crippen LogP contribution in [0.25, 0.3) is 5.69 Å². The molecule has 5 nitrogen and oxygen atoms in total. The van der Waals surface area contributed by atoms with Crippen molar-refractivity contribution in [2.24, 2.45) is 11.7 Å². The molecular formula is C16H17ClF4N4O. The van der Waals surface area contributed by atoms with Crippen molar-refractivity contribution in [1.82, 2.24) is 15.1 Å². The largest absolute Gasteiger partial charge is 0.434 e. The average Bonchev–Trinajstić information content (AvgIpc) is 3.30. The molecule has 0 spiro atoms. The fourth-order valence-corrected chi connectivity index (χ4v) is 2.56. The third-order valence-electron chi connectivity index (χ3n) is 4.08. The number of carbonyl (C=O) groups is 1. The molecule has 0 aliphatic heterocycles. The van der Waals surface area contributed by atoms with Gasteiger partial charge in [0.2, 0.25) is 0 Å². The van der Waals surface area contributed by atoms with E-state index in [4.69, 9.17) is 5.73 Å². The van der Waals surface area contributed by atoms with Gasteiger partial charge in [0.05, 0.1) is 17.4 Å². The number of aromatic nitrogens is 2. The Morgan fingerprint density at radius 3 is 2.46 bits per heavy atom. The van der Waals surface area contributed by atoms with Crippen LogP contribution in [-0.4, -0.2) is 28.3 Å². The van der Waals surface area contributed by atoms with E-state index in [1.807, 2.05) is 0 Å². The van der Waals surface area contributed by atoms with E-state index in [9.17, 15) is 22.4 Å². The Kier molecular flexibility index (Phi) is 5.92. The number of nitrogens with two attached hydrogens (primary N) is 1. The van der Waals surface area contributed by atoms with Crippen LogP contribution in [0, 0.1) is 11.7 Å². The maximum Gasteiger partial charge on any atom is 0.434 e. The molecular weight excluding hydrogens is 376 g/mol. The molecule has 0 radical (unpaired) electrons. The first-order chi connectivity index (χ1) is 11.8. The zero-order valence-corrected chi connectivity index (χ0v) is 14.3. The molecule has 1 amide bonds. The van der Waals surface area contributed by atoms with Crippen molar-refractivity contribution < 1.29 is 22.4 Å². The molecule has 1 aromatic carbocycles. The number of rotatable bonds is 5. The number of carbonyl (C=O) groups excluding carboxylic acids is 1. The summed E-state index contributed by atoms with van der Waals surface area (Å²) < 4.78 is 54.0. The fraction of sp³-hybridized carbons (Fsp3) is 0.375. The van der Waals surface area contributed by atoms with E-state index in [1.165, 1.54) is 0 Å². The molecule has 142 valence electrons. The minimum Gasteiger partial charge on any atom is -0.350 e. The van der Waals surface area contributed by atoms with Crippen molar-refractivity contribution in [3.05, 3.63) is 47.5 Å². The third kappa shape index (κ3) is 4.34. The summed E-state index contributed by atoms with van der Waals surface area (Å²) in [6, 6.07) is 4.08. The number of nitrogens with zero attached hydrogens (tertiary/aromatic N) is 2. The van der Waals surface area contributed by atoms with E-state index in [0.29, 0.717) is 10.6 Å². The molecule has 0 saturated heterocycles. The smallest absolute Gasteiger partial charge is 0.350 e. The Morgan fingerprint density at radius 1 is 1.31 bits per heavy atom. The van der Waals surface area contributed by atoms with E-state index in [-0.39, 0.29) is 30.7 Å². The number of nitrogens with one attached hydrogen (secondary N) is 1. The molecule has 1 saturated carbocycles. The molecule has 2 aromatic rings. The molecule has 1 fully saturated rings. The number of alkyl halides is 3. The first kappa shape index (κ1) is 20.2. The van der Waals surface area contributed by atoms with Gasteiger partial charge in [-0.3, -0.25) is 4.79 Å². The van der Waals surface area contributed by atoms with Gasteiger partial charge in [-0.15, -0.1) is 12.4 Å². The summed E-state index contributed by atoms with van der Waals surface area (Å²) >= 11 is 0. The van der Waals surface area contributed by atoms with Crippen molar-refractivity contribution in [1.29, 1.82) is 0 Å². The van der Waals surface area contributed by atoms with Crippen LogP contribution >= 0.6 is 12.4 Å². The highest BCUT2D eigenvalue weighted by Crippen LogP contribution is 2.34. The first-order valence-corrected chi connectivity index (χ1v) is 7.72. The summed E-state index contributed by atoms with van der Waals surface area (Å²) in [5, 5.41) is 6.09. The van der Waals surface area contributed by atoms with Crippen molar-refractivity contribution >= 4 is 18.3 Å². The van der Waals surface area contributed by atoms with Gasteiger partial charge in [-0.1, -0.05) is 0 Å². The second-order valence-corrected chi connectivity index (χ2v) is 6.00. The first-order valence-electron chi connectivity index (χ1n) is 7.72. The summed E-state index contributed by atoms with van der Waals surface area (Å²) in [5.41, 5.74) is 4.04. The van der Waals surface area contributed by atoms with E-state index < -0.39 is 29.2 Å². The molecule has 1 unspecified atom stereocenters. The minimum absolute atomic E-state index is 0. The summed E-state index contributed by atoms with van der Waals surface area (Å²) in [7, 11) is 0. The number of halogens is 5. The van der Waals surface area contributed by atoms with E-state index >= 15 is 0 Å². The second kappa shape index (κ2) is 7.63. The normalized spacial score (nSPS) is 15.3. The Bertz CT molecular complexity index is 772. The summed E-state index contributed by atoms with van der Waals surface area (Å²) in [5.74, 6) is -1.17. The van der Waals surface area contributed by atoms with Gasteiger partial charge in [-0.25, -0.2) is 9.07 Å². The zero-order valence-electron chi connectivity index (χ0n) is 13.5. The number of hydrogen-bond donors (Lipinski definition) is 2. The van der Waals surface area contributed by atoms with Crippen LogP contribution in [0.5, 0.6) is 0 Å². The van der Waals surface area contributed by atoms with E-state index in [1.54, 1.807) is 0 Å². The van der Waals surface area contributed by atoms with Crippen LogP contribution in [0.1, 0.15) is 28.9 Å². The number of benzene rings is 1. The predicted octanol–water partition coefficient (Wildman–Crippen LogP) is 2.92. The molecule has 1 heterocycles. The molecule has 26 heavy (non-hydrogen) atoms. The van der Waals surface area contributed by atoms with Gasteiger partial charge in [0.15, 0.2) is 5.69 Å². The van der Waals surface area contributed by atoms with Gasteiger partial charge in [-0.05, 0) is 43.0 Å². The lowest BCUT2D eigenvalue weighted by atomic mass is 10.2. The van der Waals surface area contributed by atoms with Crippen LogP contribution in [0.15, 0.2) is 30.5 Å². The Hall–Kier alpha value is -2.13. The Labute approximate surface area is 153 Å². The molecule has 0 bridgehead atoms. The molecule has 1 aliphatic rings. The van der Waals surface area contributed by atoms with E-state index in [2.05, 4.69) is 10.4 Å². The minimum atomic E-state index is -4.81. The lowest BCUT2D eigenvalue weighted by molar-refractivity contribution is -0.143. The Balaban J connectivity index is 0.00000243. The topological polar surface area (TPSA) is 72.9 Å². The highest BCUT2D eigenvalue weighted by Gasteiger charge is 2.40. The van der Waals surface area contributed by atoms with Crippen molar-refractivity contribution in [3.63, 3.8) is 0 Å². The highest BCUT2D eigenvalue weighted by atomic mass is 35.5. The lowest BCUT2D eigenvalue weighted by Crippen LogP contribution is -2.39. The monoisotopic (exact) mass is 392 g/mol. The van der Waals surface area contributed by atoms with Crippen LogP contribution in [0.3, 0.4) is 0 Å². The third-order valence-corrected chi connectivity index (χ3v) is 4.08. The van der Waals surface area contributed by atoms with Gasteiger partial charge >= 0.3 is 6.18 Å². The predicted molar refractivity (Wildman–Crippen MR) is 88.8 cm³/mol. The van der Waals surface area contributed by atoms with Gasteiger partial charge in [0, 0.05) is 12.6 Å².